The molecule has 1 aromatic carbocycles. The third kappa shape index (κ3) is 5.03. The van der Waals surface area contributed by atoms with Gasteiger partial charge in [0.15, 0.2) is 5.78 Å². The lowest BCUT2D eigenvalue weighted by Crippen LogP contribution is -2.49. The van der Waals surface area contributed by atoms with E-state index in [2.05, 4.69) is 17.1 Å². The number of amides is 1. The van der Waals surface area contributed by atoms with Gasteiger partial charge in [-0.05, 0) is 31.5 Å². The van der Waals surface area contributed by atoms with Crippen molar-refractivity contribution >= 4 is 17.4 Å². The van der Waals surface area contributed by atoms with Crippen LogP contribution in [0.5, 0.6) is 0 Å². The van der Waals surface area contributed by atoms with Crippen molar-refractivity contribution < 1.29 is 14.0 Å². The van der Waals surface area contributed by atoms with Gasteiger partial charge in [0, 0.05) is 38.3 Å². The summed E-state index contributed by atoms with van der Waals surface area (Å²) in [5.41, 5.74) is 0.908. The van der Waals surface area contributed by atoms with Crippen LogP contribution < -0.4 is 10.2 Å². The Labute approximate surface area is 142 Å². The first kappa shape index (κ1) is 18.4. The molecule has 24 heavy (non-hydrogen) atoms. The Hall–Kier alpha value is -1.95. The van der Waals surface area contributed by atoms with Crippen LogP contribution >= 0.6 is 0 Å². The quantitative estimate of drug-likeness (QED) is 0.612. The maximum atomic E-state index is 14.2. The Kier molecular flexibility index (Phi) is 6.73. The highest BCUT2D eigenvalue weighted by Gasteiger charge is 2.21. The fraction of sp³-hybridized carbons (Fsp3) is 0.556. The van der Waals surface area contributed by atoms with Crippen LogP contribution in [0.2, 0.25) is 0 Å². The van der Waals surface area contributed by atoms with Gasteiger partial charge in [-0.25, -0.2) is 4.39 Å². The Morgan fingerprint density at radius 2 is 1.92 bits per heavy atom. The van der Waals surface area contributed by atoms with Gasteiger partial charge in [0.05, 0.1) is 12.2 Å². The Morgan fingerprint density at radius 1 is 1.21 bits per heavy atom. The summed E-state index contributed by atoms with van der Waals surface area (Å²) in [5, 5.41) is 2.91. The molecule has 0 aliphatic carbocycles. The summed E-state index contributed by atoms with van der Waals surface area (Å²) in [6, 6.07) is 4.62. The van der Waals surface area contributed by atoms with Gasteiger partial charge >= 0.3 is 0 Å². The van der Waals surface area contributed by atoms with Crippen LogP contribution in [0.15, 0.2) is 18.2 Å². The number of piperazine rings is 1. The van der Waals surface area contributed by atoms with Crippen LogP contribution in [0, 0.1) is 5.82 Å². The molecule has 0 radical (unpaired) electrons. The van der Waals surface area contributed by atoms with Gasteiger partial charge < -0.3 is 10.2 Å². The molecule has 6 heteroatoms. The van der Waals surface area contributed by atoms with E-state index in [1.807, 2.05) is 4.90 Å². The minimum Gasteiger partial charge on any atom is -0.367 e. The number of unbranched alkanes of at least 4 members (excludes halogenated alkanes) is 1. The van der Waals surface area contributed by atoms with Gasteiger partial charge in [-0.1, -0.05) is 13.3 Å². The first-order valence-corrected chi connectivity index (χ1v) is 8.55. The molecule has 1 N–H and O–H groups in total. The molecule has 0 saturated carbocycles. The molecule has 5 nitrogen and oxygen atoms in total. The summed E-state index contributed by atoms with van der Waals surface area (Å²) in [6.45, 7) is 7.40. The molecule has 132 valence electrons. The molecule has 2 rings (SSSR count). The Balaban J connectivity index is 1.84. The van der Waals surface area contributed by atoms with Gasteiger partial charge in [-0.15, -0.1) is 0 Å². The predicted molar refractivity (Wildman–Crippen MR) is 93.0 cm³/mol. The van der Waals surface area contributed by atoms with E-state index >= 15 is 0 Å². The molecule has 1 amide bonds. The lowest BCUT2D eigenvalue weighted by atomic mass is 10.1. The molecule has 0 spiro atoms. The van der Waals surface area contributed by atoms with Crippen LogP contribution in [-0.2, 0) is 4.79 Å². The van der Waals surface area contributed by atoms with Crippen LogP contribution in [0.25, 0.3) is 0 Å². The third-order valence-corrected chi connectivity index (χ3v) is 4.29. The molecule has 1 saturated heterocycles. The van der Waals surface area contributed by atoms with Gasteiger partial charge in [-0.2, -0.15) is 0 Å². The van der Waals surface area contributed by atoms with E-state index in [1.54, 1.807) is 12.1 Å². The number of ketones is 1. The van der Waals surface area contributed by atoms with E-state index < -0.39 is 0 Å². The standard InChI is InChI=1S/C18H26FN3O2/c1-3-4-7-20-18(24)13-21-8-10-22(11-9-21)17-6-5-15(14(2)23)12-16(17)19/h5-6,12H,3-4,7-11,13H2,1-2H3,(H,20,24). The number of hydrogen-bond donors (Lipinski definition) is 1. The normalized spacial score (nSPS) is 15.4. The van der Waals surface area contributed by atoms with Gasteiger partial charge in [0.2, 0.25) is 5.91 Å². The van der Waals surface area contributed by atoms with Crippen molar-refractivity contribution in [3.05, 3.63) is 29.6 Å². The lowest BCUT2D eigenvalue weighted by molar-refractivity contribution is -0.122. The number of benzene rings is 1. The van der Waals surface area contributed by atoms with Crippen molar-refractivity contribution in [2.75, 3.05) is 44.2 Å². The minimum absolute atomic E-state index is 0.0499. The molecule has 1 fully saturated rings. The van der Waals surface area contributed by atoms with Crippen LogP contribution in [0.3, 0.4) is 0 Å². The second-order valence-corrected chi connectivity index (χ2v) is 6.19. The van der Waals surface area contributed by atoms with Crippen LogP contribution in [0.1, 0.15) is 37.0 Å². The molecule has 0 aromatic heterocycles. The number of hydrogen-bond acceptors (Lipinski definition) is 4. The summed E-state index contributed by atoms with van der Waals surface area (Å²) in [6.07, 6.45) is 2.06. The number of nitrogens with one attached hydrogen (secondary N) is 1. The van der Waals surface area contributed by atoms with E-state index in [1.165, 1.54) is 13.0 Å². The van der Waals surface area contributed by atoms with Crippen LogP contribution in [0.4, 0.5) is 10.1 Å². The molecular formula is C18H26FN3O2. The second-order valence-electron chi connectivity index (χ2n) is 6.19. The molecule has 1 aliphatic rings. The molecule has 0 bridgehead atoms. The number of anilines is 1. The summed E-state index contributed by atoms with van der Waals surface area (Å²) in [4.78, 5) is 27.2. The summed E-state index contributed by atoms with van der Waals surface area (Å²) in [7, 11) is 0. The van der Waals surface area contributed by atoms with Crippen molar-refractivity contribution in [2.45, 2.75) is 26.7 Å². The zero-order valence-electron chi connectivity index (χ0n) is 14.5. The number of rotatable bonds is 7. The Morgan fingerprint density at radius 3 is 2.50 bits per heavy atom. The zero-order valence-corrected chi connectivity index (χ0v) is 14.5. The summed E-state index contributed by atoms with van der Waals surface area (Å²) >= 11 is 0. The predicted octanol–water partition coefficient (Wildman–Crippen LogP) is 2.07. The van der Waals surface area contributed by atoms with E-state index in [0.29, 0.717) is 30.9 Å². The summed E-state index contributed by atoms with van der Waals surface area (Å²) < 4.78 is 14.2. The highest BCUT2D eigenvalue weighted by atomic mass is 19.1. The zero-order chi connectivity index (χ0) is 17.5. The monoisotopic (exact) mass is 335 g/mol. The van der Waals surface area contributed by atoms with E-state index in [0.717, 1.165) is 32.5 Å². The average Bonchev–Trinajstić information content (AvgIpc) is 2.56. The fourth-order valence-electron chi connectivity index (χ4n) is 2.79. The first-order chi connectivity index (χ1) is 11.5. The van der Waals surface area contributed by atoms with Crippen molar-refractivity contribution in [2.24, 2.45) is 0 Å². The fourth-order valence-corrected chi connectivity index (χ4v) is 2.79. The maximum absolute atomic E-state index is 14.2. The molecule has 0 atom stereocenters. The smallest absolute Gasteiger partial charge is 0.234 e. The first-order valence-electron chi connectivity index (χ1n) is 8.55. The lowest BCUT2D eigenvalue weighted by Gasteiger charge is -2.35. The van der Waals surface area contributed by atoms with E-state index in [4.69, 9.17) is 0 Å². The van der Waals surface area contributed by atoms with Crippen LogP contribution in [-0.4, -0.2) is 55.9 Å². The topological polar surface area (TPSA) is 52.7 Å². The van der Waals surface area contributed by atoms with Crippen molar-refractivity contribution in [3.63, 3.8) is 0 Å². The molecule has 0 unspecified atom stereocenters. The van der Waals surface area contributed by atoms with E-state index in [-0.39, 0.29) is 17.5 Å². The number of carbonyl (C=O) groups is 2. The molecular weight excluding hydrogens is 309 g/mol. The minimum atomic E-state index is -0.367. The highest BCUT2D eigenvalue weighted by molar-refractivity contribution is 5.94. The Bertz CT molecular complexity index is 584. The number of nitrogens with zero attached hydrogens (tertiary/aromatic N) is 2. The SMILES string of the molecule is CCCCNC(=O)CN1CCN(c2ccc(C(C)=O)cc2F)CC1. The summed E-state index contributed by atoms with van der Waals surface area (Å²) in [5.74, 6) is -0.457. The van der Waals surface area contributed by atoms with Gasteiger partial charge in [-0.3, -0.25) is 14.5 Å². The van der Waals surface area contributed by atoms with Crippen molar-refractivity contribution in [1.29, 1.82) is 0 Å². The largest absolute Gasteiger partial charge is 0.367 e. The highest BCUT2D eigenvalue weighted by Crippen LogP contribution is 2.22. The molecule has 1 aromatic rings. The molecule has 1 aliphatic heterocycles. The average molecular weight is 335 g/mol. The molecule has 1 heterocycles. The van der Waals surface area contributed by atoms with Crippen molar-refractivity contribution in [3.8, 4) is 0 Å². The van der Waals surface area contributed by atoms with E-state index in [9.17, 15) is 14.0 Å². The number of carbonyl (C=O) groups excluding carboxylic acids is 2. The van der Waals surface area contributed by atoms with Gasteiger partial charge in [0.25, 0.3) is 0 Å². The third-order valence-electron chi connectivity index (χ3n) is 4.29. The van der Waals surface area contributed by atoms with Gasteiger partial charge in [0.1, 0.15) is 5.82 Å². The number of halogens is 1. The second kappa shape index (κ2) is 8.78. The number of Topliss-reactive ketones (excluding diaryl/α,β-unsaturated/α-hetero) is 1. The van der Waals surface area contributed by atoms with Crippen molar-refractivity contribution in [1.82, 2.24) is 10.2 Å². The maximum Gasteiger partial charge on any atom is 0.234 e.